The van der Waals surface area contributed by atoms with Crippen LogP contribution in [0.2, 0.25) is 10.0 Å². The topological polar surface area (TPSA) is 54.2 Å². The number of halogens is 2. The molecule has 1 aromatic rings. The summed E-state index contributed by atoms with van der Waals surface area (Å²) in [5.74, 6) is 1.69. The number of nitrogens with zero attached hydrogens (tertiary/aromatic N) is 2. The molecule has 0 spiro atoms. The highest BCUT2D eigenvalue weighted by molar-refractivity contribution is 6.37. The average Bonchev–Trinajstić information content (AvgIpc) is 2.37. The quantitative estimate of drug-likeness (QED) is 0.877. The Morgan fingerprint density at radius 1 is 1.28 bits per heavy atom. The molecule has 4 rings (SSSR count). The fourth-order valence-electron chi connectivity index (χ4n) is 2.89. The predicted molar refractivity (Wildman–Crippen MR) is 75.2 cm³/mol. The van der Waals surface area contributed by atoms with E-state index in [1.807, 2.05) is 0 Å². The second kappa shape index (κ2) is 4.76. The summed E-state index contributed by atoms with van der Waals surface area (Å²) in [5.41, 5.74) is 5.72. The number of hydrogen-bond donors (Lipinski definition) is 2. The SMILES string of the molecule is Nc1nc(NC2CN3CCC2CC3)c(Cl)cc1Cl. The number of nitrogens with two attached hydrogens (primary N) is 1. The Balaban J connectivity index is 1.78. The fraction of sp³-hybridized carbons (Fsp3) is 0.583. The third kappa shape index (κ3) is 2.25. The summed E-state index contributed by atoms with van der Waals surface area (Å²) >= 11 is 12.0. The molecule has 2 bridgehead atoms. The molecule has 1 unspecified atom stereocenters. The van der Waals surface area contributed by atoms with E-state index in [2.05, 4.69) is 15.2 Å². The molecule has 1 atom stereocenters. The Morgan fingerprint density at radius 2 is 2.00 bits per heavy atom. The van der Waals surface area contributed by atoms with Gasteiger partial charge in [-0.05, 0) is 37.9 Å². The van der Waals surface area contributed by atoms with Crippen LogP contribution in [0.1, 0.15) is 12.8 Å². The summed E-state index contributed by atoms with van der Waals surface area (Å²) in [6.45, 7) is 3.49. The third-order valence-electron chi connectivity index (χ3n) is 3.93. The standard InChI is InChI=1S/C12H16Cl2N4/c13-8-5-9(14)12(17-11(8)15)16-10-6-18-3-1-7(10)2-4-18/h5,7,10H,1-4,6H2,(H3,15,16,17). The van der Waals surface area contributed by atoms with E-state index in [0.29, 0.717) is 33.6 Å². The molecule has 1 aromatic heterocycles. The van der Waals surface area contributed by atoms with Crippen LogP contribution in [0.5, 0.6) is 0 Å². The first kappa shape index (κ1) is 12.3. The van der Waals surface area contributed by atoms with E-state index in [9.17, 15) is 0 Å². The Kier molecular flexibility index (Phi) is 3.26. The molecule has 98 valence electrons. The molecule has 3 fully saturated rings. The number of nitrogens with one attached hydrogen (secondary N) is 1. The zero-order valence-electron chi connectivity index (χ0n) is 10.00. The molecular formula is C12H16Cl2N4. The molecule has 18 heavy (non-hydrogen) atoms. The summed E-state index contributed by atoms with van der Waals surface area (Å²) in [6, 6.07) is 2.06. The number of rotatable bonds is 2. The van der Waals surface area contributed by atoms with Gasteiger partial charge in [0.25, 0.3) is 0 Å². The monoisotopic (exact) mass is 286 g/mol. The first-order valence-corrected chi connectivity index (χ1v) is 6.99. The van der Waals surface area contributed by atoms with Crippen LogP contribution in [0.4, 0.5) is 11.6 Å². The molecule has 4 heterocycles. The van der Waals surface area contributed by atoms with Gasteiger partial charge in [-0.3, -0.25) is 0 Å². The van der Waals surface area contributed by atoms with Gasteiger partial charge in [0.1, 0.15) is 11.6 Å². The maximum absolute atomic E-state index is 6.14. The summed E-state index contributed by atoms with van der Waals surface area (Å²) in [6.07, 6.45) is 2.50. The minimum Gasteiger partial charge on any atom is -0.382 e. The van der Waals surface area contributed by atoms with Crippen molar-refractivity contribution in [2.75, 3.05) is 30.7 Å². The predicted octanol–water partition coefficient (Wildman–Crippen LogP) is 2.48. The van der Waals surface area contributed by atoms with Gasteiger partial charge >= 0.3 is 0 Å². The van der Waals surface area contributed by atoms with Gasteiger partial charge in [-0.25, -0.2) is 4.98 Å². The molecule has 0 aliphatic carbocycles. The van der Waals surface area contributed by atoms with Crippen LogP contribution >= 0.6 is 23.2 Å². The van der Waals surface area contributed by atoms with Crippen LogP contribution in [0.3, 0.4) is 0 Å². The fourth-order valence-corrected chi connectivity index (χ4v) is 3.30. The van der Waals surface area contributed by atoms with Crippen molar-refractivity contribution in [1.82, 2.24) is 9.88 Å². The lowest BCUT2D eigenvalue weighted by Gasteiger charge is -2.45. The van der Waals surface area contributed by atoms with Crippen LogP contribution in [0.15, 0.2) is 6.07 Å². The zero-order chi connectivity index (χ0) is 12.7. The van der Waals surface area contributed by atoms with E-state index in [1.54, 1.807) is 6.07 Å². The first-order valence-electron chi connectivity index (χ1n) is 6.24. The Bertz CT molecular complexity index is 458. The number of fused-ring (bicyclic) bond motifs is 3. The second-order valence-corrected chi connectivity index (χ2v) is 5.89. The number of piperidine rings is 3. The molecule has 3 N–H and O–H groups in total. The lowest BCUT2D eigenvalue weighted by Crippen LogP contribution is -2.53. The Labute approximate surface area is 116 Å². The molecular weight excluding hydrogens is 271 g/mol. The van der Waals surface area contributed by atoms with Gasteiger partial charge in [-0.2, -0.15) is 0 Å². The Hall–Kier alpha value is -0.710. The number of hydrogen-bond acceptors (Lipinski definition) is 4. The summed E-state index contributed by atoms with van der Waals surface area (Å²) in [4.78, 5) is 6.71. The van der Waals surface area contributed by atoms with Gasteiger partial charge in [-0.1, -0.05) is 23.2 Å². The molecule has 0 saturated carbocycles. The highest BCUT2D eigenvalue weighted by Gasteiger charge is 2.34. The number of aromatic nitrogens is 1. The van der Waals surface area contributed by atoms with Crippen LogP contribution in [-0.2, 0) is 0 Å². The van der Waals surface area contributed by atoms with E-state index in [4.69, 9.17) is 28.9 Å². The smallest absolute Gasteiger partial charge is 0.147 e. The van der Waals surface area contributed by atoms with Gasteiger partial charge in [0.2, 0.25) is 0 Å². The third-order valence-corrected chi connectivity index (χ3v) is 4.53. The maximum Gasteiger partial charge on any atom is 0.147 e. The number of pyridine rings is 1. The van der Waals surface area contributed by atoms with E-state index < -0.39 is 0 Å². The molecule has 3 saturated heterocycles. The molecule has 0 radical (unpaired) electrons. The van der Waals surface area contributed by atoms with Crippen molar-refractivity contribution in [2.24, 2.45) is 5.92 Å². The molecule has 0 amide bonds. The van der Waals surface area contributed by atoms with E-state index in [1.165, 1.54) is 25.9 Å². The minimum atomic E-state index is 0.324. The van der Waals surface area contributed by atoms with E-state index >= 15 is 0 Å². The first-order chi connectivity index (χ1) is 8.63. The maximum atomic E-state index is 6.14. The molecule has 0 aromatic carbocycles. The van der Waals surface area contributed by atoms with Crippen LogP contribution in [-0.4, -0.2) is 35.6 Å². The van der Waals surface area contributed by atoms with Crippen molar-refractivity contribution < 1.29 is 0 Å². The largest absolute Gasteiger partial charge is 0.382 e. The summed E-state index contributed by atoms with van der Waals surface area (Å²) < 4.78 is 0. The van der Waals surface area contributed by atoms with Crippen molar-refractivity contribution in [3.8, 4) is 0 Å². The normalized spacial score (nSPS) is 30.4. The highest BCUT2D eigenvalue weighted by atomic mass is 35.5. The zero-order valence-corrected chi connectivity index (χ0v) is 11.5. The van der Waals surface area contributed by atoms with Gasteiger partial charge < -0.3 is 16.0 Å². The lowest BCUT2D eigenvalue weighted by molar-refractivity contribution is 0.0974. The minimum absolute atomic E-state index is 0.324. The summed E-state index contributed by atoms with van der Waals surface area (Å²) in [7, 11) is 0. The van der Waals surface area contributed by atoms with Gasteiger partial charge in [-0.15, -0.1) is 0 Å². The molecule has 6 heteroatoms. The average molecular weight is 287 g/mol. The lowest BCUT2D eigenvalue weighted by atomic mass is 9.84. The number of anilines is 2. The highest BCUT2D eigenvalue weighted by Crippen LogP contribution is 2.32. The Morgan fingerprint density at radius 3 is 2.61 bits per heavy atom. The summed E-state index contributed by atoms with van der Waals surface area (Å²) in [5, 5.41) is 4.36. The number of nitrogen functional groups attached to an aromatic ring is 1. The van der Waals surface area contributed by atoms with Crippen LogP contribution < -0.4 is 11.1 Å². The van der Waals surface area contributed by atoms with Crippen LogP contribution in [0, 0.1) is 5.92 Å². The van der Waals surface area contributed by atoms with Crippen molar-refractivity contribution in [2.45, 2.75) is 18.9 Å². The molecule has 4 nitrogen and oxygen atoms in total. The van der Waals surface area contributed by atoms with Crippen molar-refractivity contribution in [3.05, 3.63) is 16.1 Å². The van der Waals surface area contributed by atoms with Crippen molar-refractivity contribution >= 4 is 34.8 Å². The molecule has 3 aliphatic rings. The van der Waals surface area contributed by atoms with Crippen molar-refractivity contribution in [3.63, 3.8) is 0 Å². The van der Waals surface area contributed by atoms with Gasteiger partial charge in [0.05, 0.1) is 10.0 Å². The van der Waals surface area contributed by atoms with Crippen molar-refractivity contribution in [1.29, 1.82) is 0 Å². The van der Waals surface area contributed by atoms with Crippen LogP contribution in [0.25, 0.3) is 0 Å². The van der Waals surface area contributed by atoms with E-state index in [0.717, 1.165) is 6.54 Å². The second-order valence-electron chi connectivity index (χ2n) is 5.07. The van der Waals surface area contributed by atoms with Gasteiger partial charge in [0.15, 0.2) is 0 Å². The molecule has 3 aliphatic heterocycles. The van der Waals surface area contributed by atoms with E-state index in [-0.39, 0.29) is 0 Å². The van der Waals surface area contributed by atoms with Gasteiger partial charge in [0, 0.05) is 12.6 Å².